The largest absolute Gasteiger partial charge is 0.387 e. The summed E-state index contributed by atoms with van der Waals surface area (Å²) in [6.07, 6.45) is 1.77. The van der Waals surface area contributed by atoms with Crippen LogP contribution in [0.4, 0.5) is 10.1 Å². The zero-order valence-electron chi connectivity index (χ0n) is 17.1. The number of rotatable bonds is 6. The van der Waals surface area contributed by atoms with Gasteiger partial charge in [-0.3, -0.25) is 14.3 Å². The third-order valence-corrected chi connectivity index (χ3v) is 7.37. The molecule has 164 valence electrons. The molecule has 4 rings (SSSR count). The fourth-order valence-corrected chi connectivity index (χ4v) is 5.54. The fourth-order valence-electron chi connectivity index (χ4n) is 4.06. The summed E-state index contributed by atoms with van der Waals surface area (Å²) in [6, 6.07) is 9.08. The van der Waals surface area contributed by atoms with Crippen molar-refractivity contribution in [3.8, 4) is 0 Å². The standard InChI is InChI=1S/C21H23FN4O4S/c1-23-17-11-18-15(20(27)24-21(28)26(18)2)10-19(17)31(29,30)25-14-8-12(9-14)7-13-5-3-4-6-16(13)22/h3-6,10-12,14,23,25H,7-9H2,1-2H3,(H,24,27,28). The lowest BCUT2D eigenvalue weighted by Gasteiger charge is -2.36. The van der Waals surface area contributed by atoms with E-state index in [4.69, 9.17) is 0 Å². The third kappa shape index (κ3) is 4.00. The number of hydrogen-bond acceptors (Lipinski definition) is 5. The van der Waals surface area contributed by atoms with Gasteiger partial charge in [-0.15, -0.1) is 0 Å². The van der Waals surface area contributed by atoms with Crippen molar-refractivity contribution in [1.82, 2.24) is 14.3 Å². The Balaban J connectivity index is 1.56. The lowest BCUT2D eigenvalue weighted by Crippen LogP contribution is -2.45. The SMILES string of the molecule is CNc1cc2c(cc1S(=O)(=O)NC1CC(Cc3ccccc3F)C1)c(=O)[nH]c(=O)n2C. The van der Waals surface area contributed by atoms with Crippen LogP contribution in [0.25, 0.3) is 10.9 Å². The van der Waals surface area contributed by atoms with E-state index >= 15 is 0 Å². The molecule has 0 aliphatic heterocycles. The molecule has 0 radical (unpaired) electrons. The van der Waals surface area contributed by atoms with Gasteiger partial charge in [0.05, 0.1) is 16.6 Å². The minimum absolute atomic E-state index is 0.0656. The molecule has 8 nitrogen and oxygen atoms in total. The zero-order valence-corrected chi connectivity index (χ0v) is 17.9. The number of anilines is 1. The Morgan fingerprint density at radius 1 is 1.19 bits per heavy atom. The number of aromatic nitrogens is 2. The Morgan fingerprint density at radius 2 is 1.90 bits per heavy atom. The fraction of sp³-hybridized carbons (Fsp3) is 0.333. The number of H-pyrrole nitrogens is 1. The van der Waals surface area contributed by atoms with Crippen LogP contribution in [0.5, 0.6) is 0 Å². The first-order valence-corrected chi connectivity index (χ1v) is 11.4. The van der Waals surface area contributed by atoms with Crippen LogP contribution in [0.15, 0.2) is 50.9 Å². The minimum atomic E-state index is -3.93. The maximum Gasteiger partial charge on any atom is 0.328 e. The quantitative estimate of drug-likeness (QED) is 0.534. The molecule has 1 fully saturated rings. The summed E-state index contributed by atoms with van der Waals surface area (Å²) in [5.41, 5.74) is 0.00793. The predicted octanol–water partition coefficient (Wildman–Crippen LogP) is 1.71. The van der Waals surface area contributed by atoms with Gasteiger partial charge in [-0.05, 0) is 48.9 Å². The van der Waals surface area contributed by atoms with E-state index < -0.39 is 21.3 Å². The molecule has 1 aliphatic rings. The van der Waals surface area contributed by atoms with Gasteiger partial charge in [0.15, 0.2) is 0 Å². The first-order chi connectivity index (χ1) is 14.7. The molecule has 1 heterocycles. The molecule has 3 aromatic rings. The van der Waals surface area contributed by atoms with Crippen molar-refractivity contribution in [2.24, 2.45) is 13.0 Å². The molecule has 0 unspecified atom stereocenters. The van der Waals surface area contributed by atoms with Crippen LogP contribution >= 0.6 is 0 Å². The monoisotopic (exact) mass is 446 g/mol. The summed E-state index contributed by atoms with van der Waals surface area (Å²) in [6.45, 7) is 0. The van der Waals surface area contributed by atoms with E-state index in [-0.39, 0.29) is 33.7 Å². The molecule has 10 heteroatoms. The first kappa shape index (κ1) is 21.3. The molecule has 0 atom stereocenters. The Bertz CT molecular complexity index is 1370. The van der Waals surface area contributed by atoms with Crippen molar-refractivity contribution in [3.05, 3.63) is 68.6 Å². The van der Waals surface area contributed by atoms with Crippen LogP contribution in [0.2, 0.25) is 0 Å². The smallest absolute Gasteiger partial charge is 0.328 e. The molecule has 0 saturated heterocycles. The number of sulfonamides is 1. The Kier molecular flexibility index (Phi) is 5.44. The number of hydrogen-bond donors (Lipinski definition) is 3. The number of nitrogens with one attached hydrogen (secondary N) is 3. The summed E-state index contributed by atoms with van der Waals surface area (Å²) in [5, 5.41) is 2.93. The van der Waals surface area contributed by atoms with Gasteiger partial charge in [0.1, 0.15) is 10.7 Å². The van der Waals surface area contributed by atoms with E-state index in [0.717, 1.165) is 0 Å². The van der Waals surface area contributed by atoms with E-state index in [1.807, 2.05) is 0 Å². The van der Waals surface area contributed by atoms with Crippen molar-refractivity contribution >= 4 is 26.6 Å². The summed E-state index contributed by atoms with van der Waals surface area (Å²) >= 11 is 0. The second-order valence-corrected chi connectivity index (χ2v) is 9.57. The van der Waals surface area contributed by atoms with Gasteiger partial charge in [0, 0.05) is 20.1 Å². The topological polar surface area (TPSA) is 113 Å². The Labute approximate surface area is 178 Å². The van der Waals surface area contributed by atoms with Crippen molar-refractivity contribution in [2.75, 3.05) is 12.4 Å². The highest BCUT2D eigenvalue weighted by atomic mass is 32.2. The van der Waals surface area contributed by atoms with Crippen molar-refractivity contribution in [1.29, 1.82) is 0 Å². The van der Waals surface area contributed by atoms with Crippen molar-refractivity contribution in [3.63, 3.8) is 0 Å². The molecular weight excluding hydrogens is 423 g/mol. The summed E-state index contributed by atoms with van der Waals surface area (Å²) in [7, 11) is -0.860. The van der Waals surface area contributed by atoms with Crippen LogP contribution < -0.4 is 21.3 Å². The van der Waals surface area contributed by atoms with E-state index in [9.17, 15) is 22.4 Å². The lowest BCUT2D eigenvalue weighted by atomic mass is 9.77. The van der Waals surface area contributed by atoms with Gasteiger partial charge in [-0.1, -0.05) is 18.2 Å². The molecule has 0 spiro atoms. The maximum absolute atomic E-state index is 13.8. The Hall–Kier alpha value is -2.98. The van der Waals surface area contributed by atoms with Crippen molar-refractivity contribution < 1.29 is 12.8 Å². The molecule has 2 aromatic carbocycles. The third-order valence-electron chi connectivity index (χ3n) is 5.81. The minimum Gasteiger partial charge on any atom is -0.387 e. The van der Waals surface area contributed by atoms with Crippen molar-refractivity contribution in [2.45, 2.75) is 30.2 Å². The molecule has 3 N–H and O–H groups in total. The second kappa shape index (κ2) is 7.93. The lowest BCUT2D eigenvalue weighted by molar-refractivity contribution is 0.245. The van der Waals surface area contributed by atoms with Gasteiger partial charge in [0.25, 0.3) is 5.56 Å². The van der Waals surface area contributed by atoms with Crippen LogP contribution in [0.3, 0.4) is 0 Å². The van der Waals surface area contributed by atoms with Crippen LogP contribution in [-0.2, 0) is 23.5 Å². The molecule has 0 bridgehead atoms. The van der Waals surface area contributed by atoms with Crippen LogP contribution in [0.1, 0.15) is 18.4 Å². The van der Waals surface area contributed by atoms with E-state index in [2.05, 4.69) is 15.0 Å². The average molecular weight is 447 g/mol. The average Bonchev–Trinajstić information content (AvgIpc) is 2.70. The number of aryl methyl sites for hydroxylation is 1. The van der Waals surface area contributed by atoms with Crippen LogP contribution in [0, 0.1) is 11.7 Å². The molecule has 1 aromatic heterocycles. The van der Waals surface area contributed by atoms with E-state index in [0.29, 0.717) is 30.3 Å². The zero-order chi connectivity index (χ0) is 22.3. The summed E-state index contributed by atoms with van der Waals surface area (Å²) < 4.78 is 43.9. The number of halogens is 1. The van der Waals surface area contributed by atoms with Gasteiger partial charge in [0.2, 0.25) is 10.0 Å². The molecule has 1 saturated carbocycles. The second-order valence-electron chi connectivity index (χ2n) is 7.88. The van der Waals surface area contributed by atoms with E-state index in [1.54, 1.807) is 25.2 Å². The van der Waals surface area contributed by atoms with Gasteiger partial charge >= 0.3 is 5.69 Å². The van der Waals surface area contributed by atoms with E-state index in [1.165, 1.54) is 29.8 Å². The summed E-state index contributed by atoms with van der Waals surface area (Å²) in [4.78, 5) is 26.2. The highest BCUT2D eigenvalue weighted by molar-refractivity contribution is 7.89. The number of benzene rings is 2. The predicted molar refractivity (Wildman–Crippen MR) is 116 cm³/mol. The van der Waals surface area contributed by atoms with Gasteiger partial charge < -0.3 is 5.32 Å². The normalized spacial score (nSPS) is 18.7. The molecule has 0 amide bonds. The molecular formula is C21H23FN4O4S. The highest BCUT2D eigenvalue weighted by Crippen LogP contribution is 2.33. The van der Waals surface area contributed by atoms with Gasteiger partial charge in [-0.25, -0.2) is 22.3 Å². The van der Waals surface area contributed by atoms with Crippen LogP contribution in [-0.4, -0.2) is 31.1 Å². The Morgan fingerprint density at radius 3 is 2.58 bits per heavy atom. The number of aromatic amines is 1. The molecule has 1 aliphatic carbocycles. The summed E-state index contributed by atoms with van der Waals surface area (Å²) in [5.74, 6) is -0.0525. The number of nitrogens with zero attached hydrogens (tertiary/aromatic N) is 1. The highest BCUT2D eigenvalue weighted by Gasteiger charge is 2.34. The van der Waals surface area contributed by atoms with Gasteiger partial charge in [-0.2, -0.15) is 0 Å². The maximum atomic E-state index is 13.8. The number of fused-ring (bicyclic) bond motifs is 1. The molecule has 31 heavy (non-hydrogen) atoms. The first-order valence-electron chi connectivity index (χ1n) is 9.90.